The zero-order valence-corrected chi connectivity index (χ0v) is 9.30. The Hall–Kier alpha value is -1.92. The van der Waals surface area contributed by atoms with Crippen LogP contribution in [0.4, 0.5) is 4.79 Å². The van der Waals surface area contributed by atoms with Gasteiger partial charge in [0.2, 0.25) is 5.71 Å². The van der Waals surface area contributed by atoms with Gasteiger partial charge in [0.25, 0.3) is 12.0 Å². The van der Waals surface area contributed by atoms with E-state index in [1.54, 1.807) is 6.92 Å². The number of amides is 3. The highest BCUT2D eigenvalue weighted by atomic mass is 16.5. The van der Waals surface area contributed by atoms with Crippen LogP contribution in [0.1, 0.15) is 13.3 Å². The van der Waals surface area contributed by atoms with E-state index in [1.807, 2.05) is 0 Å². The van der Waals surface area contributed by atoms with Crippen molar-refractivity contribution in [2.24, 2.45) is 4.99 Å². The molecule has 2 aliphatic rings. The average molecular weight is 224 g/mol. The highest BCUT2D eigenvalue weighted by molar-refractivity contribution is 6.44. The molecule has 86 valence electrons. The van der Waals surface area contributed by atoms with Gasteiger partial charge in [0.15, 0.2) is 0 Å². The lowest BCUT2D eigenvalue weighted by molar-refractivity contribution is -0.325. The Bertz CT molecular complexity index is 440. The Morgan fingerprint density at radius 2 is 2.06 bits per heavy atom. The number of carbonyl (C=O) groups is 2. The molecule has 0 bridgehead atoms. The number of aliphatic imine (C=N–C) groups is 1. The van der Waals surface area contributed by atoms with Gasteiger partial charge in [0.1, 0.15) is 0 Å². The Labute approximate surface area is 92.2 Å². The molecule has 1 atom stereocenters. The van der Waals surface area contributed by atoms with E-state index < -0.39 is 18.1 Å². The number of fused-ring (bicyclic) bond motifs is 1. The maximum absolute atomic E-state index is 11.8. The van der Waals surface area contributed by atoms with E-state index in [9.17, 15) is 14.8 Å². The highest BCUT2D eigenvalue weighted by Crippen LogP contribution is 2.18. The van der Waals surface area contributed by atoms with Crippen molar-refractivity contribution in [1.29, 1.82) is 0 Å². The van der Waals surface area contributed by atoms with Crippen LogP contribution < -0.4 is 0 Å². The summed E-state index contributed by atoms with van der Waals surface area (Å²) in [6.45, 7) is 1.78. The molecule has 2 rings (SSSR count). The Kier molecular flexibility index (Phi) is 2.18. The first-order chi connectivity index (χ1) is 7.49. The topological polar surface area (TPSA) is 79.0 Å². The van der Waals surface area contributed by atoms with Gasteiger partial charge in [0, 0.05) is 14.1 Å². The van der Waals surface area contributed by atoms with E-state index in [0.29, 0.717) is 11.2 Å². The molecule has 0 saturated carbocycles. The van der Waals surface area contributed by atoms with Crippen molar-refractivity contribution in [1.82, 2.24) is 9.80 Å². The second kappa shape index (κ2) is 3.29. The number of amidine groups is 1. The lowest BCUT2D eigenvalue weighted by atomic mass is 10.2. The van der Waals surface area contributed by atoms with Crippen molar-refractivity contribution >= 4 is 23.5 Å². The zero-order chi connectivity index (χ0) is 12.0. The van der Waals surface area contributed by atoms with Crippen LogP contribution >= 0.6 is 0 Å². The molecule has 7 nitrogen and oxygen atoms in total. The van der Waals surface area contributed by atoms with Crippen LogP contribution in [0, 0.1) is 5.21 Å². The Balaban J connectivity index is 2.51. The molecule has 0 aromatic carbocycles. The van der Waals surface area contributed by atoms with Crippen molar-refractivity contribution in [2.45, 2.75) is 19.5 Å². The van der Waals surface area contributed by atoms with Crippen molar-refractivity contribution in [2.75, 3.05) is 14.1 Å². The zero-order valence-electron chi connectivity index (χ0n) is 9.30. The van der Waals surface area contributed by atoms with Gasteiger partial charge in [-0.2, -0.15) is 0 Å². The molecule has 0 spiro atoms. The average Bonchev–Trinajstić information content (AvgIpc) is 2.61. The first-order valence-electron chi connectivity index (χ1n) is 4.94. The molecule has 0 aliphatic carbocycles. The fourth-order valence-corrected chi connectivity index (χ4v) is 1.80. The number of hydrogen-bond donors (Lipinski definition) is 0. The van der Waals surface area contributed by atoms with Gasteiger partial charge in [-0.1, -0.05) is 11.9 Å². The van der Waals surface area contributed by atoms with Gasteiger partial charge < -0.3 is 5.21 Å². The molecule has 2 heterocycles. The molecule has 0 aromatic heterocycles. The number of imide groups is 1. The van der Waals surface area contributed by atoms with E-state index >= 15 is 0 Å². The summed E-state index contributed by atoms with van der Waals surface area (Å²) in [7, 11) is 2.87. The SMILES string of the molecule is CCC1=NC2C(=[N+]1[O-])C(=O)N(C)C(=O)N2C. The number of urea groups is 1. The van der Waals surface area contributed by atoms with Crippen molar-refractivity contribution in [3.05, 3.63) is 5.21 Å². The van der Waals surface area contributed by atoms with Gasteiger partial charge in [0.05, 0.1) is 6.42 Å². The van der Waals surface area contributed by atoms with Crippen LogP contribution in [0.15, 0.2) is 4.99 Å². The summed E-state index contributed by atoms with van der Waals surface area (Å²) < 4.78 is 0.534. The molecule has 0 aromatic rings. The van der Waals surface area contributed by atoms with Gasteiger partial charge in [-0.05, 0) is 0 Å². The van der Waals surface area contributed by atoms with Gasteiger partial charge in [-0.3, -0.25) is 14.6 Å². The van der Waals surface area contributed by atoms with Crippen LogP contribution in [-0.2, 0) is 4.79 Å². The van der Waals surface area contributed by atoms with Gasteiger partial charge >= 0.3 is 11.9 Å². The van der Waals surface area contributed by atoms with E-state index in [1.165, 1.54) is 19.0 Å². The van der Waals surface area contributed by atoms with Gasteiger partial charge in [-0.15, -0.1) is 0 Å². The van der Waals surface area contributed by atoms with E-state index in [-0.39, 0.29) is 11.5 Å². The molecular weight excluding hydrogens is 212 g/mol. The summed E-state index contributed by atoms with van der Waals surface area (Å²) in [5.41, 5.74) is 0.00134. The third kappa shape index (κ3) is 1.14. The number of rotatable bonds is 1. The minimum Gasteiger partial charge on any atom is -0.710 e. The molecule has 0 radical (unpaired) electrons. The van der Waals surface area contributed by atoms with E-state index in [2.05, 4.69) is 4.99 Å². The largest absolute Gasteiger partial charge is 0.710 e. The lowest BCUT2D eigenvalue weighted by Gasteiger charge is -2.30. The molecule has 1 fully saturated rings. The number of carbonyl (C=O) groups excluding carboxylic acids is 2. The summed E-state index contributed by atoms with van der Waals surface area (Å²) in [6, 6.07) is -0.451. The first-order valence-corrected chi connectivity index (χ1v) is 4.94. The van der Waals surface area contributed by atoms with E-state index in [0.717, 1.165) is 4.90 Å². The molecule has 7 heteroatoms. The van der Waals surface area contributed by atoms with Crippen LogP contribution in [0.25, 0.3) is 0 Å². The molecule has 1 unspecified atom stereocenters. The summed E-state index contributed by atoms with van der Waals surface area (Å²) in [6.07, 6.45) is -0.327. The van der Waals surface area contributed by atoms with Crippen LogP contribution in [0.5, 0.6) is 0 Å². The molecule has 1 saturated heterocycles. The number of nitrogens with zero attached hydrogens (tertiary/aromatic N) is 4. The standard InChI is InChI=1S/C9H12N4O3/c1-4-5-10-7-6(13(5)16)8(14)12(3)9(15)11(7)2/h7H,4H2,1-3H3. The minimum atomic E-state index is -0.761. The highest BCUT2D eigenvalue weighted by Gasteiger charge is 2.50. The molecule has 3 amide bonds. The monoisotopic (exact) mass is 224 g/mol. The van der Waals surface area contributed by atoms with Crippen LogP contribution in [0.2, 0.25) is 0 Å². The molecule has 0 N–H and O–H groups in total. The number of hydrogen-bond acceptors (Lipinski definition) is 4. The maximum Gasteiger partial charge on any atom is 0.330 e. The van der Waals surface area contributed by atoms with Crippen molar-refractivity contribution in [3.63, 3.8) is 0 Å². The third-order valence-electron chi connectivity index (χ3n) is 2.76. The molecule has 16 heavy (non-hydrogen) atoms. The lowest BCUT2D eigenvalue weighted by Crippen LogP contribution is -2.59. The normalized spacial score (nSPS) is 25.2. The summed E-state index contributed by atoms with van der Waals surface area (Å²) in [4.78, 5) is 29.6. The van der Waals surface area contributed by atoms with Crippen LogP contribution in [0.3, 0.4) is 0 Å². The first kappa shape index (κ1) is 10.6. The molecular formula is C9H12N4O3. The van der Waals surface area contributed by atoms with Crippen molar-refractivity contribution in [3.8, 4) is 0 Å². The van der Waals surface area contributed by atoms with Crippen LogP contribution in [-0.4, -0.2) is 58.3 Å². The van der Waals surface area contributed by atoms with Crippen molar-refractivity contribution < 1.29 is 14.3 Å². The summed E-state index contributed by atoms with van der Waals surface area (Å²) >= 11 is 0. The number of hydroxylamine groups is 1. The molecule has 2 aliphatic heterocycles. The maximum atomic E-state index is 11.8. The third-order valence-corrected chi connectivity index (χ3v) is 2.76. The predicted molar refractivity (Wildman–Crippen MR) is 56.1 cm³/mol. The Morgan fingerprint density at radius 3 is 2.62 bits per heavy atom. The predicted octanol–water partition coefficient (Wildman–Crippen LogP) is -0.390. The second-order valence-electron chi connectivity index (χ2n) is 3.71. The fraction of sp³-hybridized carbons (Fsp3) is 0.556. The fourth-order valence-electron chi connectivity index (χ4n) is 1.80. The quantitative estimate of drug-likeness (QED) is 0.449. The van der Waals surface area contributed by atoms with E-state index in [4.69, 9.17) is 0 Å². The second-order valence-corrected chi connectivity index (χ2v) is 3.71. The smallest absolute Gasteiger partial charge is 0.330 e. The van der Waals surface area contributed by atoms with Gasteiger partial charge in [-0.25, -0.2) is 9.53 Å². The summed E-state index contributed by atoms with van der Waals surface area (Å²) in [5, 5.41) is 11.7. The Morgan fingerprint density at radius 1 is 1.44 bits per heavy atom. The minimum absolute atomic E-state index is 0.00134. The summed E-state index contributed by atoms with van der Waals surface area (Å²) in [5.74, 6) is -0.293.